The van der Waals surface area contributed by atoms with Gasteiger partial charge in [0.05, 0.1) is 6.04 Å². The maximum Gasteiger partial charge on any atom is 0.336 e. The number of carbonyl (C=O) groups excluding carboxylic acids is 1. The zero-order chi connectivity index (χ0) is 13.8. The van der Waals surface area contributed by atoms with E-state index in [0.717, 1.165) is 12.1 Å². The number of benzene rings is 2. The summed E-state index contributed by atoms with van der Waals surface area (Å²) in [6.45, 7) is 0.707. The molecule has 1 heterocycles. The molecule has 2 aromatic rings. The molecule has 2 amide bonds. The van der Waals surface area contributed by atoms with E-state index in [2.05, 4.69) is 22.9 Å². The molecule has 3 rings (SSSR count). The molecule has 20 heavy (non-hydrogen) atoms. The highest BCUT2D eigenvalue weighted by Gasteiger charge is 2.26. The Morgan fingerprint density at radius 1 is 1.05 bits per heavy atom. The van der Waals surface area contributed by atoms with E-state index in [9.17, 15) is 4.79 Å². The van der Waals surface area contributed by atoms with Gasteiger partial charge in [-0.3, -0.25) is 5.01 Å². The van der Waals surface area contributed by atoms with Gasteiger partial charge in [-0.15, -0.1) is 0 Å². The first-order valence-electron chi connectivity index (χ1n) is 6.77. The first-order chi connectivity index (χ1) is 9.83. The summed E-state index contributed by atoms with van der Waals surface area (Å²) in [5.41, 5.74) is 5.27. The summed E-state index contributed by atoms with van der Waals surface area (Å²) in [6, 6.07) is 19.8. The number of carbonyl (C=O) groups is 1. The molecule has 1 fully saturated rings. The fourth-order valence-corrected chi connectivity index (χ4v) is 2.37. The van der Waals surface area contributed by atoms with Crippen LogP contribution in [-0.2, 0) is 0 Å². The molecular formula is C16H17N3O. The van der Waals surface area contributed by atoms with Crippen molar-refractivity contribution in [2.24, 2.45) is 0 Å². The van der Waals surface area contributed by atoms with Crippen molar-refractivity contribution in [2.45, 2.75) is 12.5 Å². The first kappa shape index (κ1) is 12.7. The number of para-hydroxylation sites is 1. The largest absolute Gasteiger partial charge is 0.336 e. The minimum atomic E-state index is -0.116. The summed E-state index contributed by atoms with van der Waals surface area (Å²) < 4.78 is 0. The number of hydrazine groups is 1. The Morgan fingerprint density at radius 3 is 2.40 bits per heavy atom. The minimum Gasteiger partial charge on any atom is -0.307 e. The van der Waals surface area contributed by atoms with Gasteiger partial charge >= 0.3 is 6.03 Å². The molecule has 102 valence electrons. The van der Waals surface area contributed by atoms with Crippen molar-refractivity contribution < 1.29 is 4.79 Å². The predicted molar refractivity (Wildman–Crippen MR) is 79.1 cm³/mol. The fraction of sp³-hybridized carbons (Fsp3) is 0.188. The Morgan fingerprint density at radius 2 is 1.70 bits per heavy atom. The fourth-order valence-electron chi connectivity index (χ4n) is 2.37. The molecule has 1 saturated heterocycles. The highest BCUT2D eigenvalue weighted by atomic mass is 16.2. The molecule has 0 spiro atoms. The first-order valence-corrected chi connectivity index (χ1v) is 6.77. The third kappa shape index (κ3) is 2.81. The normalized spacial score (nSPS) is 18.0. The SMILES string of the molecule is O=C(Nc1ccccc1)N1CCC(c2ccccc2)N1. The maximum atomic E-state index is 12.1. The molecule has 0 bridgehead atoms. The van der Waals surface area contributed by atoms with Gasteiger partial charge in [0.15, 0.2) is 0 Å². The van der Waals surface area contributed by atoms with E-state index in [0.29, 0.717) is 6.54 Å². The van der Waals surface area contributed by atoms with E-state index in [1.54, 1.807) is 5.01 Å². The van der Waals surface area contributed by atoms with E-state index in [-0.39, 0.29) is 12.1 Å². The van der Waals surface area contributed by atoms with Crippen molar-refractivity contribution in [3.8, 4) is 0 Å². The lowest BCUT2D eigenvalue weighted by Crippen LogP contribution is -2.40. The number of hydrogen-bond acceptors (Lipinski definition) is 2. The van der Waals surface area contributed by atoms with Gasteiger partial charge in [-0.1, -0.05) is 48.5 Å². The number of nitrogens with one attached hydrogen (secondary N) is 2. The number of rotatable bonds is 2. The monoisotopic (exact) mass is 267 g/mol. The van der Waals surface area contributed by atoms with Gasteiger partial charge in [0.2, 0.25) is 0 Å². The smallest absolute Gasteiger partial charge is 0.307 e. The third-order valence-electron chi connectivity index (χ3n) is 3.43. The molecule has 0 radical (unpaired) electrons. The second kappa shape index (κ2) is 5.75. The second-order valence-electron chi connectivity index (χ2n) is 4.83. The quantitative estimate of drug-likeness (QED) is 0.877. The Labute approximate surface area is 118 Å². The van der Waals surface area contributed by atoms with Crippen molar-refractivity contribution in [1.29, 1.82) is 0 Å². The molecule has 1 unspecified atom stereocenters. The van der Waals surface area contributed by atoms with Gasteiger partial charge in [0.25, 0.3) is 0 Å². The van der Waals surface area contributed by atoms with Gasteiger partial charge in [0, 0.05) is 12.2 Å². The standard InChI is InChI=1S/C16H17N3O/c20-16(17-14-9-5-2-6-10-14)19-12-11-15(18-19)13-7-3-1-4-8-13/h1-10,15,18H,11-12H2,(H,17,20). The van der Waals surface area contributed by atoms with Crippen LogP contribution in [0.4, 0.5) is 10.5 Å². The van der Waals surface area contributed by atoms with Gasteiger partial charge < -0.3 is 5.32 Å². The molecule has 4 nitrogen and oxygen atoms in total. The van der Waals surface area contributed by atoms with Crippen LogP contribution in [0.1, 0.15) is 18.0 Å². The number of urea groups is 1. The zero-order valence-corrected chi connectivity index (χ0v) is 11.1. The minimum absolute atomic E-state index is 0.116. The molecule has 4 heteroatoms. The van der Waals surface area contributed by atoms with Crippen LogP contribution in [0.2, 0.25) is 0 Å². The van der Waals surface area contributed by atoms with E-state index >= 15 is 0 Å². The van der Waals surface area contributed by atoms with Crippen LogP contribution >= 0.6 is 0 Å². The lowest BCUT2D eigenvalue weighted by molar-refractivity contribution is 0.201. The summed E-state index contributed by atoms with van der Waals surface area (Å²) in [4.78, 5) is 12.1. The summed E-state index contributed by atoms with van der Waals surface area (Å²) in [5, 5.41) is 4.52. The lowest BCUT2D eigenvalue weighted by Gasteiger charge is -2.18. The summed E-state index contributed by atoms with van der Waals surface area (Å²) in [6.07, 6.45) is 0.923. The van der Waals surface area contributed by atoms with Crippen LogP contribution in [-0.4, -0.2) is 17.6 Å². The van der Waals surface area contributed by atoms with Gasteiger partial charge in [-0.05, 0) is 24.1 Å². The summed E-state index contributed by atoms with van der Waals surface area (Å²) >= 11 is 0. The van der Waals surface area contributed by atoms with Gasteiger partial charge in [0.1, 0.15) is 0 Å². The number of nitrogens with zero attached hydrogens (tertiary/aromatic N) is 1. The van der Waals surface area contributed by atoms with Crippen LogP contribution in [0.3, 0.4) is 0 Å². The van der Waals surface area contributed by atoms with Crippen LogP contribution in [0.15, 0.2) is 60.7 Å². The van der Waals surface area contributed by atoms with Crippen molar-refractivity contribution in [2.75, 3.05) is 11.9 Å². The lowest BCUT2D eigenvalue weighted by atomic mass is 10.1. The van der Waals surface area contributed by atoms with Crippen molar-refractivity contribution in [3.05, 3.63) is 66.2 Å². The molecule has 2 aromatic carbocycles. The highest BCUT2D eigenvalue weighted by Crippen LogP contribution is 2.22. The zero-order valence-electron chi connectivity index (χ0n) is 11.1. The van der Waals surface area contributed by atoms with E-state index in [1.165, 1.54) is 5.56 Å². The van der Waals surface area contributed by atoms with Gasteiger partial charge in [-0.25, -0.2) is 10.2 Å². The third-order valence-corrected chi connectivity index (χ3v) is 3.43. The second-order valence-corrected chi connectivity index (χ2v) is 4.83. The van der Waals surface area contributed by atoms with Crippen LogP contribution < -0.4 is 10.7 Å². The van der Waals surface area contributed by atoms with Crippen LogP contribution in [0.25, 0.3) is 0 Å². The van der Waals surface area contributed by atoms with E-state index < -0.39 is 0 Å². The molecule has 2 N–H and O–H groups in total. The number of anilines is 1. The van der Waals surface area contributed by atoms with Crippen LogP contribution in [0.5, 0.6) is 0 Å². The summed E-state index contributed by atoms with van der Waals surface area (Å²) in [5.74, 6) is 0. The molecule has 1 atom stereocenters. The van der Waals surface area contributed by atoms with Crippen molar-refractivity contribution in [1.82, 2.24) is 10.4 Å². The Bertz CT molecular complexity index is 571. The number of hydrogen-bond donors (Lipinski definition) is 2. The molecule has 0 saturated carbocycles. The topological polar surface area (TPSA) is 44.4 Å². The van der Waals surface area contributed by atoms with E-state index in [1.807, 2.05) is 48.5 Å². The highest BCUT2D eigenvalue weighted by molar-refractivity contribution is 5.89. The van der Waals surface area contributed by atoms with Crippen molar-refractivity contribution >= 4 is 11.7 Å². The average Bonchev–Trinajstić information content (AvgIpc) is 2.99. The molecular weight excluding hydrogens is 250 g/mol. The average molecular weight is 267 g/mol. The number of amides is 2. The molecule has 1 aliphatic rings. The Kier molecular flexibility index (Phi) is 3.65. The molecule has 1 aliphatic heterocycles. The van der Waals surface area contributed by atoms with E-state index in [4.69, 9.17) is 0 Å². The van der Waals surface area contributed by atoms with Crippen LogP contribution in [0, 0.1) is 0 Å². The Hall–Kier alpha value is -2.33. The van der Waals surface area contributed by atoms with Gasteiger partial charge in [-0.2, -0.15) is 0 Å². The maximum absolute atomic E-state index is 12.1. The van der Waals surface area contributed by atoms with Crippen molar-refractivity contribution in [3.63, 3.8) is 0 Å². The molecule has 0 aliphatic carbocycles. The molecule has 0 aromatic heterocycles. The predicted octanol–water partition coefficient (Wildman–Crippen LogP) is 3.17. The summed E-state index contributed by atoms with van der Waals surface area (Å²) in [7, 11) is 0. The Balaban J connectivity index is 1.61.